The van der Waals surface area contributed by atoms with E-state index in [0.717, 1.165) is 12.8 Å². The maximum Gasteiger partial charge on any atom is 0.338 e. The summed E-state index contributed by atoms with van der Waals surface area (Å²) in [7, 11) is 1.37. The fourth-order valence-corrected chi connectivity index (χ4v) is 2.37. The zero-order chi connectivity index (χ0) is 13.0. The van der Waals surface area contributed by atoms with Crippen LogP contribution in [-0.2, 0) is 4.74 Å². The van der Waals surface area contributed by atoms with E-state index in [1.807, 2.05) is 0 Å². The lowest BCUT2D eigenvalue weighted by Crippen LogP contribution is -2.24. The van der Waals surface area contributed by atoms with Crippen LogP contribution >= 0.6 is 0 Å². The highest BCUT2D eigenvalue weighted by Gasteiger charge is 2.21. The number of hydrogen-bond donors (Lipinski definition) is 0. The highest BCUT2D eigenvalue weighted by atomic mass is 16.5. The van der Waals surface area contributed by atoms with E-state index in [-0.39, 0.29) is 12.1 Å². The van der Waals surface area contributed by atoms with Crippen LogP contribution in [0.25, 0.3) is 0 Å². The van der Waals surface area contributed by atoms with Crippen LogP contribution in [0, 0.1) is 5.92 Å². The monoisotopic (exact) mass is 249 g/mol. The van der Waals surface area contributed by atoms with E-state index in [2.05, 4.69) is 16.6 Å². The molecule has 0 radical (unpaired) electrons. The minimum atomic E-state index is -0.362. The van der Waals surface area contributed by atoms with Gasteiger partial charge in [0.1, 0.15) is 6.10 Å². The van der Waals surface area contributed by atoms with Crippen molar-refractivity contribution < 1.29 is 14.3 Å². The zero-order valence-electron chi connectivity index (χ0n) is 10.9. The van der Waals surface area contributed by atoms with Gasteiger partial charge in [0.05, 0.1) is 12.7 Å². The van der Waals surface area contributed by atoms with Gasteiger partial charge in [0, 0.05) is 12.3 Å². The number of ether oxygens (including phenoxy) is 2. The Kier molecular flexibility index (Phi) is 4.18. The molecule has 1 aromatic rings. The normalized spacial score (nSPS) is 23.4. The molecule has 0 saturated heterocycles. The highest BCUT2D eigenvalue weighted by Crippen LogP contribution is 2.26. The van der Waals surface area contributed by atoms with E-state index < -0.39 is 0 Å². The van der Waals surface area contributed by atoms with Crippen molar-refractivity contribution in [2.24, 2.45) is 5.92 Å². The van der Waals surface area contributed by atoms with Gasteiger partial charge in [0.15, 0.2) is 0 Å². The summed E-state index contributed by atoms with van der Waals surface area (Å²) < 4.78 is 10.5. The average Bonchev–Trinajstić information content (AvgIpc) is 2.38. The molecule has 0 aliphatic heterocycles. The fraction of sp³-hybridized carbons (Fsp3) is 0.571. The van der Waals surface area contributed by atoms with Crippen molar-refractivity contribution in [3.63, 3.8) is 0 Å². The lowest BCUT2D eigenvalue weighted by molar-refractivity contribution is 0.0598. The van der Waals surface area contributed by atoms with Gasteiger partial charge in [-0.3, -0.25) is 0 Å². The highest BCUT2D eigenvalue weighted by molar-refractivity contribution is 5.89. The fourth-order valence-electron chi connectivity index (χ4n) is 2.37. The zero-order valence-corrected chi connectivity index (χ0v) is 10.9. The van der Waals surface area contributed by atoms with Crippen LogP contribution in [0.15, 0.2) is 18.3 Å². The Hall–Kier alpha value is -1.58. The molecule has 4 heteroatoms. The smallest absolute Gasteiger partial charge is 0.338 e. The number of carbonyl (C=O) groups excluding carboxylic acids is 1. The molecule has 1 aromatic heterocycles. The van der Waals surface area contributed by atoms with Crippen molar-refractivity contribution in [2.45, 2.75) is 38.7 Å². The van der Waals surface area contributed by atoms with Crippen LogP contribution in [0.3, 0.4) is 0 Å². The van der Waals surface area contributed by atoms with Crippen LogP contribution in [0.2, 0.25) is 0 Å². The Morgan fingerprint density at radius 2 is 2.28 bits per heavy atom. The SMILES string of the molecule is COC(=O)c1ccnc(OC2CCCC(C)C2)c1. The predicted octanol–water partition coefficient (Wildman–Crippen LogP) is 2.83. The summed E-state index contributed by atoms with van der Waals surface area (Å²) in [5, 5.41) is 0. The minimum absolute atomic E-state index is 0.217. The first kappa shape index (κ1) is 12.9. The molecule has 98 valence electrons. The summed E-state index contributed by atoms with van der Waals surface area (Å²) in [6, 6.07) is 3.27. The molecule has 0 bridgehead atoms. The lowest BCUT2D eigenvalue weighted by atomic mass is 9.89. The van der Waals surface area contributed by atoms with E-state index in [1.165, 1.54) is 20.0 Å². The summed E-state index contributed by atoms with van der Waals surface area (Å²) in [6.07, 6.45) is 6.39. The van der Waals surface area contributed by atoms with E-state index in [4.69, 9.17) is 4.74 Å². The number of methoxy groups -OCH3 is 1. The Morgan fingerprint density at radius 3 is 3.00 bits per heavy atom. The molecule has 2 unspecified atom stereocenters. The third-order valence-corrected chi connectivity index (χ3v) is 3.33. The summed E-state index contributed by atoms with van der Waals surface area (Å²) in [4.78, 5) is 15.5. The summed E-state index contributed by atoms with van der Waals surface area (Å²) in [5.41, 5.74) is 0.478. The molecule has 2 atom stereocenters. The lowest BCUT2D eigenvalue weighted by Gasteiger charge is -2.26. The third kappa shape index (κ3) is 3.22. The van der Waals surface area contributed by atoms with E-state index in [9.17, 15) is 4.79 Å². The van der Waals surface area contributed by atoms with Crippen LogP contribution in [0.5, 0.6) is 5.88 Å². The molecular weight excluding hydrogens is 230 g/mol. The number of carbonyl (C=O) groups is 1. The van der Waals surface area contributed by atoms with Gasteiger partial charge < -0.3 is 9.47 Å². The first-order chi connectivity index (χ1) is 8.69. The maximum atomic E-state index is 11.4. The Morgan fingerprint density at radius 1 is 1.44 bits per heavy atom. The molecule has 4 nitrogen and oxygen atoms in total. The van der Waals surface area contributed by atoms with Gasteiger partial charge >= 0.3 is 5.97 Å². The molecule has 1 aliphatic rings. The van der Waals surface area contributed by atoms with Crippen LogP contribution in [0.4, 0.5) is 0 Å². The summed E-state index contributed by atoms with van der Waals surface area (Å²) in [5.74, 6) is 0.851. The molecule has 2 rings (SSSR count). The second-order valence-corrected chi connectivity index (χ2v) is 4.89. The van der Waals surface area contributed by atoms with E-state index in [1.54, 1.807) is 18.3 Å². The van der Waals surface area contributed by atoms with Crippen molar-refractivity contribution in [1.29, 1.82) is 0 Å². The predicted molar refractivity (Wildman–Crippen MR) is 67.6 cm³/mol. The largest absolute Gasteiger partial charge is 0.474 e. The van der Waals surface area contributed by atoms with Gasteiger partial charge in [-0.1, -0.05) is 13.3 Å². The quantitative estimate of drug-likeness (QED) is 0.773. The molecule has 1 saturated carbocycles. The number of aromatic nitrogens is 1. The first-order valence-electron chi connectivity index (χ1n) is 6.40. The van der Waals surface area contributed by atoms with Gasteiger partial charge in [-0.05, 0) is 31.2 Å². The van der Waals surface area contributed by atoms with Gasteiger partial charge in [-0.15, -0.1) is 0 Å². The average molecular weight is 249 g/mol. The van der Waals surface area contributed by atoms with E-state index in [0.29, 0.717) is 17.4 Å². The molecule has 1 aliphatic carbocycles. The van der Waals surface area contributed by atoms with Gasteiger partial charge in [0.25, 0.3) is 0 Å². The maximum absolute atomic E-state index is 11.4. The molecule has 0 N–H and O–H groups in total. The first-order valence-corrected chi connectivity index (χ1v) is 6.40. The van der Waals surface area contributed by atoms with Crippen molar-refractivity contribution in [1.82, 2.24) is 4.98 Å². The molecule has 1 heterocycles. The molecule has 1 fully saturated rings. The van der Waals surface area contributed by atoms with Crippen LogP contribution in [-0.4, -0.2) is 24.2 Å². The molecule has 0 amide bonds. The second kappa shape index (κ2) is 5.85. The van der Waals surface area contributed by atoms with Crippen molar-refractivity contribution in [2.75, 3.05) is 7.11 Å². The van der Waals surface area contributed by atoms with Gasteiger partial charge in [0.2, 0.25) is 5.88 Å². The van der Waals surface area contributed by atoms with Gasteiger partial charge in [-0.25, -0.2) is 9.78 Å². The third-order valence-electron chi connectivity index (χ3n) is 3.33. The van der Waals surface area contributed by atoms with Gasteiger partial charge in [-0.2, -0.15) is 0 Å². The van der Waals surface area contributed by atoms with Crippen molar-refractivity contribution in [3.8, 4) is 5.88 Å². The number of hydrogen-bond acceptors (Lipinski definition) is 4. The van der Waals surface area contributed by atoms with Crippen molar-refractivity contribution in [3.05, 3.63) is 23.9 Å². The Balaban J connectivity index is 2.02. The second-order valence-electron chi connectivity index (χ2n) is 4.89. The number of pyridine rings is 1. The van der Waals surface area contributed by atoms with E-state index >= 15 is 0 Å². The number of rotatable bonds is 3. The number of esters is 1. The topological polar surface area (TPSA) is 48.4 Å². The van der Waals surface area contributed by atoms with Crippen LogP contribution in [0.1, 0.15) is 43.0 Å². The minimum Gasteiger partial charge on any atom is -0.474 e. The Bertz CT molecular complexity index is 419. The summed E-state index contributed by atoms with van der Waals surface area (Å²) >= 11 is 0. The molecule has 18 heavy (non-hydrogen) atoms. The standard InChI is InChI=1S/C14H19NO3/c1-10-4-3-5-12(8-10)18-13-9-11(6-7-15-13)14(16)17-2/h6-7,9-10,12H,3-5,8H2,1-2H3. The van der Waals surface area contributed by atoms with Crippen LogP contribution < -0.4 is 4.74 Å². The Labute approximate surface area is 107 Å². The number of nitrogens with zero attached hydrogens (tertiary/aromatic N) is 1. The molecular formula is C14H19NO3. The van der Waals surface area contributed by atoms with Crippen molar-refractivity contribution >= 4 is 5.97 Å². The molecule has 0 aromatic carbocycles. The summed E-state index contributed by atoms with van der Waals surface area (Å²) in [6.45, 7) is 2.24. The molecule has 0 spiro atoms.